The number of carbonyl (C=O) groups is 1. The number of aliphatic hydroxyl groups excluding tert-OH is 1. The van der Waals surface area contributed by atoms with Gasteiger partial charge in [-0.15, -0.1) is 4.80 Å². The topological polar surface area (TPSA) is 130 Å². The molecule has 0 aliphatic carbocycles. The minimum atomic E-state index is -1.02. The highest BCUT2D eigenvalue weighted by Gasteiger charge is 2.29. The lowest BCUT2D eigenvalue weighted by Gasteiger charge is -2.23. The number of carbonyl (C=O) groups excluding carboxylic acids is 1. The Balaban J connectivity index is 1.99. The number of fused-ring (bicyclic) bond motifs is 1. The molecule has 0 aliphatic heterocycles. The summed E-state index contributed by atoms with van der Waals surface area (Å²) in [6.07, 6.45) is 2.24. The number of nitrogens with zero attached hydrogens (tertiary/aromatic N) is 5. The van der Waals surface area contributed by atoms with Crippen LogP contribution in [0.5, 0.6) is 5.75 Å². The van der Waals surface area contributed by atoms with E-state index < -0.39 is 29.2 Å². The maximum atomic E-state index is 14.3. The van der Waals surface area contributed by atoms with Crippen LogP contribution in [-0.4, -0.2) is 55.3 Å². The molecule has 1 aromatic carbocycles. The van der Waals surface area contributed by atoms with Crippen molar-refractivity contribution in [2.75, 3.05) is 20.3 Å². The molecule has 0 amide bonds. The van der Waals surface area contributed by atoms with Gasteiger partial charge in [0.15, 0.2) is 5.78 Å². The van der Waals surface area contributed by atoms with E-state index in [1.54, 1.807) is 6.92 Å². The van der Waals surface area contributed by atoms with Gasteiger partial charge in [0.1, 0.15) is 27.5 Å². The van der Waals surface area contributed by atoms with E-state index in [9.17, 15) is 23.9 Å². The number of methoxy groups -OCH3 is 1. The van der Waals surface area contributed by atoms with Crippen LogP contribution in [-0.2, 0) is 16.1 Å². The minimum Gasteiger partial charge on any atom is -0.496 e. The fraction of sp³-hybridized carbons (Fsp3) is 0.444. The Morgan fingerprint density at radius 1 is 1.18 bits per heavy atom. The van der Waals surface area contributed by atoms with Crippen LogP contribution < -0.4 is 16.0 Å². The zero-order valence-corrected chi connectivity index (χ0v) is 23.8. The highest BCUT2D eigenvalue weighted by molar-refractivity contribution is 7.21. The predicted molar refractivity (Wildman–Crippen MR) is 148 cm³/mol. The molecular formula is C27H32FN5O6S. The molecule has 0 aliphatic rings. The van der Waals surface area contributed by atoms with Crippen LogP contribution in [0.4, 0.5) is 4.39 Å². The van der Waals surface area contributed by atoms with Gasteiger partial charge in [-0.05, 0) is 38.0 Å². The average Bonchev–Trinajstić information content (AvgIpc) is 3.56. The van der Waals surface area contributed by atoms with Gasteiger partial charge in [-0.25, -0.2) is 13.8 Å². The standard InChI is InChI=1S/C27H32FN5O6S/c1-15(2)12-20(35)17(4)32-24(36)23-16(3)25(33-29-8-9-30-33)40-26(23)31(27(32)37)14-22(39-11-10-34)19-13-18(28)6-7-21(19)38-5/h6-9,13,15,17,22,34H,10-12,14H2,1-5H3/t17?,22-/m0/s1. The Hall–Kier alpha value is -3.68. The van der Waals surface area contributed by atoms with Crippen molar-refractivity contribution in [3.63, 3.8) is 0 Å². The summed E-state index contributed by atoms with van der Waals surface area (Å²) in [6, 6.07) is 2.91. The first kappa shape index (κ1) is 29.3. The van der Waals surface area contributed by atoms with Crippen molar-refractivity contribution in [2.24, 2.45) is 5.92 Å². The second-order valence-corrected chi connectivity index (χ2v) is 10.8. The van der Waals surface area contributed by atoms with Crippen LogP contribution >= 0.6 is 11.3 Å². The van der Waals surface area contributed by atoms with Crippen LogP contribution in [0.25, 0.3) is 15.2 Å². The average molecular weight is 574 g/mol. The predicted octanol–water partition coefficient (Wildman–Crippen LogP) is 3.19. The Morgan fingerprint density at radius 3 is 2.50 bits per heavy atom. The van der Waals surface area contributed by atoms with E-state index in [-0.39, 0.29) is 43.3 Å². The summed E-state index contributed by atoms with van der Waals surface area (Å²) in [5, 5.41) is 18.6. The van der Waals surface area contributed by atoms with Crippen molar-refractivity contribution in [3.8, 4) is 10.8 Å². The lowest BCUT2D eigenvalue weighted by Crippen LogP contribution is -2.44. The van der Waals surface area contributed by atoms with Crippen molar-refractivity contribution in [2.45, 2.75) is 52.8 Å². The largest absolute Gasteiger partial charge is 0.496 e. The highest BCUT2D eigenvalue weighted by Crippen LogP contribution is 2.34. The zero-order chi connectivity index (χ0) is 29.1. The van der Waals surface area contributed by atoms with Crippen molar-refractivity contribution in [3.05, 3.63) is 68.4 Å². The molecule has 1 N–H and O–H groups in total. The number of rotatable bonds is 12. The first-order valence-corrected chi connectivity index (χ1v) is 13.6. The Bertz CT molecular complexity index is 1630. The second-order valence-electron chi connectivity index (χ2n) is 9.81. The van der Waals surface area contributed by atoms with Crippen LogP contribution in [0.15, 0.2) is 40.2 Å². The first-order valence-electron chi connectivity index (χ1n) is 12.8. The van der Waals surface area contributed by atoms with Crippen molar-refractivity contribution >= 4 is 27.3 Å². The highest BCUT2D eigenvalue weighted by atomic mass is 32.1. The molecule has 2 atom stereocenters. The molecule has 11 nitrogen and oxygen atoms in total. The van der Waals surface area contributed by atoms with Crippen LogP contribution in [0.1, 0.15) is 50.5 Å². The number of aromatic nitrogens is 5. The van der Waals surface area contributed by atoms with E-state index in [0.29, 0.717) is 26.7 Å². The number of aryl methyl sites for hydroxylation is 1. The molecule has 4 aromatic rings. The number of hydrogen-bond donors (Lipinski definition) is 1. The van der Waals surface area contributed by atoms with E-state index in [0.717, 1.165) is 15.9 Å². The van der Waals surface area contributed by atoms with E-state index in [4.69, 9.17) is 9.47 Å². The SMILES string of the molecule is COc1ccc(F)cc1[C@H](Cn1c(=O)n(C(C)C(=O)CC(C)C)c(=O)c2c(C)c(-n3nccn3)sc21)OCCO. The van der Waals surface area contributed by atoms with Gasteiger partial charge in [0.2, 0.25) is 0 Å². The first-order chi connectivity index (χ1) is 19.1. The van der Waals surface area contributed by atoms with Gasteiger partial charge < -0.3 is 14.6 Å². The molecule has 0 fully saturated rings. The number of Topliss-reactive ketones (excluding diaryl/α,β-unsaturated/α-hetero) is 1. The minimum absolute atomic E-state index is 0.0358. The lowest BCUT2D eigenvalue weighted by atomic mass is 10.0. The summed E-state index contributed by atoms with van der Waals surface area (Å²) in [7, 11) is 1.43. The van der Waals surface area contributed by atoms with Crippen molar-refractivity contribution in [1.29, 1.82) is 0 Å². The number of halogens is 1. The third-order valence-corrected chi connectivity index (χ3v) is 7.86. The van der Waals surface area contributed by atoms with Gasteiger partial charge >= 0.3 is 5.69 Å². The maximum absolute atomic E-state index is 14.3. The summed E-state index contributed by atoms with van der Waals surface area (Å²) >= 11 is 1.14. The van der Waals surface area contributed by atoms with Crippen molar-refractivity contribution < 1.29 is 23.8 Å². The molecule has 13 heteroatoms. The molecular weight excluding hydrogens is 541 g/mol. The quantitative estimate of drug-likeness (QED) is 0.274. The third kappa shape index (κ3) is 5.62. The van der Waals surface area contributed by atoms with Gasteiger partial charge in [-0.3, -0.25) is 14.2 Å². The van der Waals surface area contributed by atoms with Gasteiger partial charge in [-0.2, -0.15) is 10.2 Å². The summed E-state index contributed by atoms with van der Waals surface area (Å²) < 4.78 is 28.0. The monoisotopic (exact) mass is 573 g/mol. The summed E-state index contributed by atoms with van der Waals surface area (Å²) in [5.41, 5.74) is -0.441. The number of benzene rings is 1. The molecule has 4 rings (SSSR count). The van der Waals surface area contributed by atoms with Crippen LogP contribution in [0, 0.1) is 18.7 Å². The molecule has 3 heterocycles. The fourth-order valence-electron chi connectivity index (χ4n) is 4.64. The number of ketones is 1. The summed E-state index contributed by atoms with van der Waals surface area (Å²) in [4.78, 5) is 42.6. The molecule has 1 unspecified atom stereocenters. The van der Waals surface area contributed by atoms with E-state index in [2.05, 4.69) is 10.2 Å². The van der Waals surface area contributed by atoms with Crippen molar-refractivity contribution in [1.82, 2.24) is 24.1 Å². The van der Waals surface area contributed by atoms with Gasteiger partial charge in [0, 0.05) is 17.5 Å². The van der Waals surface area contributed by atoms with Crippen LogP contribution in [0.2, 0.25) is 0 Å². The van der Waals surface area contributed by atoms with Gasteiger partial charge in [-0.1, -0.05) is 25.2 Å². The smallest absolute Gasteiger partial charge is 0.332 e. The zero-order valence-electron chi connectivity index (χ0n) is 23.0. The molecule has 40 heavy (non-hydrogen) atoms. The fourth-order valence-corrected chi connectivity index (χ4v) is 5.86. The number of hydrogen-bond acceptors (Lipinski definition) is 9. The molecule has 0 saturated heterocycles. The Labute approximate surface area is 233 Å². The van der Waals surface area contributed by atoms with E-state index in [1.807, 2.05) is 13.8 Å². The molecule has 0 bridgehead atoms. The van der Waals surface area contributed by atoms with Gasteiger partial charge in [0.05, 0.1) is 50.7 Å². The van der Waals surface area contributed by atoms with E-state index >= 15 is 0 Å². The molecule has 0 spiro atoms. The Kier molecular flexibility index (Phi) is 8.96. The summed E-state index contributed by atoms with van der Waals surface area (Å²) in [5.74, 6) is -0.426. The number of thiophene rings is 1. The molecule has 3 aromatic heterocycles. The summed E-state index contributed by atoms with van der Waals surface area (Å²) in [6.45, 7) is 6.47. The molecule has 0 saturated carbocycles. The normalized spacial score (nSPS) is 13.2. The maximum Gasteiger partial charge on any atom is 0.332 e. The van der Waals surface area contributed by atoms with Crippen LogP contribution in [0.3, 0.4) is 0 Å². The molecule has 0 radical (unpaired) electrons. The second kappa shape index (κ2) is 12.2. The lowest BCUT2D eigenvalue weighted by molar-refractivity contribution is -0.122. The van der Waals surface area contributed by atoms with E-state index in [1.165, 1.54) is 54.0 Å². The number of ether oxygens (including phenoxy) is 2. The molecule has 214 valence electrons. The van der Waals surface area contributed by atoms with Gasteiger partial charge in [0.25, 0.3) is 5.56 Å². The Morgan fingerprint density at radius 2 is 1.88 bits per heavy atom. The third-order valence-electron chi connectivity index (χ3n) is 6.58. The number of aliphatic hydroxyl groups is 1.